The number of benzene rings is 1. The summed E-state index contributed by atoms with van der Waals surface area (Å²) in [5.41, 5.74) is 1.51. The lowest BCUT2D eigenvalue weighted by Crippen LogP contribution is -2.12. The van der Waals surface area contributed by atoms with Crippen LogP contribution in [0.5, 0.6) is 0 Å². The number of rotatable bonds is 4. The van der Waals surface area contributed by atoms with E-state index < -0.39 is 5.91 Å². The summed E-state index contributed by atoms with van der Waals surface area (Å²) < 4.78 is 5.37. The van der Waals surface area contributed by atoms with Gasteiger partial charge in [0.05, 0.1) is 5.01 Å². The zero-order valence-electron chi connectivity index (χ0n) is 12.4. The Bertz CT molecular complexity index is 867. The van der Waals surface area contributed by atoms with E-state index in [4.69, 9.17) is 4.42 Å². The first kappa shape index (κ1) is 15.0. The number of nitrogens with one attached hydrogen (secondary N) is 1. The van der Waals surface area contributed by atoms with Gasteiger partial charge in [-0.25, -0.2) is 4.98 Å². The van der Waals surface area contributed by atoms with Gasteiger partial charge in [-0.15, -0.1) is 16.4 Å². The molecule has 0 aliphatic rings. The van der Waals surface area contributed by atoms with Gasteiger partial charge in [0.1, 0.15) is 5.69 Å². The number of hydrogen-bond donors (Lipinski definition) is 1. The van der Waals surface area contributed by atoms with E-state index in [1.54, 1.807) is 29.6 Å². The number of amides is 1. The van der Waals surface area contributed by atoms with Crippen LogP contribution in [0, 0.1) is 6.92 Å². The lowest BCUT2D eigenvalue weighted by Gasteiger charge is -2.01. The summed E-state index contributed by atoms with van der Waals surface area (Å²) in [5.74, 6) is -0.210. The van der Waals surface area contributed by atoms with Gasteiger partial charge in [0.15, 0.2) is 5.78 Å². The molecule has 0 radical (unpaired) electrons. The topological polar surface area (TPSA) is 98.0 Å². The van der Waals surface area contributed by atoms with Crippen LogP contribution in [0.3, 0.4) is 0 Å². The molecule has 2 heterocycles. The monoisotopic (exact) mass is 328 g/mol. The zero-order chi connectivity index (χ0) is 16.4. The van der Waals surface area contributed by atoms with E-state index in [0.29, 0.717) is 16.8 Å². The molecule has 0 atom stereocenters. The quantitative estimate of drug-likeness (QED) is 0.739. The van der Waals surface area contributed by atoms with Gasteiger partial charge in [0.25, 0.3) is 11.8 Å². The van der Waals surface area contributed by atoms with Crippen LogP contribution < -0.4 is 5.32 Å². The van der Waals surface area contributed by atoms with E-state index in [9.17, 15) is 9.59 Å². The summed E-state index contributed by atoms with van der Waals surface area (Å²) in [5, 5.41) is 12.8. The smallest absolute Gasteiger partial charge is 0.322 e. The van der Waals surface area contributed by atoms with Crippen molar-refractivity contribution in [2.24, 2.45) is 0 Å². The SMILES string of the molecule is CC(=O)c1ccc(C(=O)Nc2nnc(-c3csc(C)n3)o2)cc1. The van der Waals surface area contributed by atoms with Crippen molar-refractivity contribution in [3.8, 4) is 11.6 Å². The molecule has 2 aromatic heterocycles. The van der Waals surface area contributed by atoms with Gasteiger partial charge < -0.3 is 4.42 Å². The van der Waals surface area contributed by atoms with E-state index in [2.05, 4.69) is 20.5 Å². The van der Waals surface area contributed by atoms with E-state index in [0.717, 1.165) is 5.01 Å². The summed E-state index contributed by atoms with van der Waals surface area (Å²) in [6.07, 6.45) is 0. The van der Waals surface area contributed by atoms with Crippen LogP contribution in [0.25, 0.3) is 11.6 Å². The van der Waals surface area contributed by atoms with Crippen LogP contribution in [-0.2, 0) is 0 Å². The van der Waals surface area contributed by atoms with Crippen molar-refractivity contribution in [3.63, 3.8) is 0 Å². The van der Waals surface area contributed by atoms with Gasteiger partial charge in [-0.3, -0.25) is 14.9 Å². The zero-order valence-corrected chi connectivity index (χ0v) is 13.2. The average molecular weight is 328 g/mol. The van der Waals surface area contributed by atoms with Gasteiger partial charge in [-0.2, -0.15) is 0 Å². The maximum Gasteiger partial charge on any atom is 0.322 e. The number of carbonyl (C=O) groups excluding carboxylic acids is 2. The summed E-state index contributed by atoms with van der Waals surface area (Å²) in [4.78, 5) is 27.6. The third kappa shape index (κ3) is 3.32. The minimum absolute atomic E-state index is 0.00806. The Balaban J connectivity index is 1.73. The van der Waals surface area contributed by atoms with Crippen molar-refractivity contribution in [1.29, 1.82) is 0 Å². The number of aromatic nitrogens is 3. The highest BCUT2D eigenvalue weighted by atomic mass is 32.1. The van der Waals surface area contributed by atoms with Crippen molar-refractivity contribution in [3.05, 3.63) is 45.8 Å². The van der Waals surface area contributed by atoms with Crippen molar-refractivity contribution < 1.29 is 14.0 Å². The first-order chi connectivity index (χ1) is 11.0. The highest BCUT2D eigenvalue weighted by molar-refractivity contribution is 7.09. The lowest BCUT2D eigenvalue weighted by atomic mass is 10.1. The van der Waals surface area contributed by atoms with Gasteiger partial charge in [0, 0.05) is 16.5 Å². The third-order valence-corrected chi connectivity index (χ3v) is 3.81. The van der Waals surface area contributed by atoms with Crippen LogP contribution in [-0.4, -0.2) is 26.9 Å². The Hall–Kier alpha value is -2.87. The standard InChI is InChI=1S/C15H12N4O3S/c1-8(20)10-3-5-11(6-4-10)13(21)17-15-19-18-14(22-15)12-7-23-9(2)16-12/h3-7H,1-2H3,(H,17,19,21). The number of hydrogen-bond acceptors (Lipinski definition) is 7. The van der Waals surface area contributed by atoms with Crippen LogP contribution >= 0.6 is 11.3 Å². The maximum atomic E-state index is 12.1. The second-order valence-electron chi connectivity index (χ2n) is 4.75. The molecule has 1 N–H and O–H groups in total. The summed E-state index contributed by atoms with van der Waals surface area (Å²) >= 11 is 1.47. The molecule has 116 valence electrons. The van der Waals surface area contributed by atoms with Gasteiger partial charge in [-0.05, 0) is 26.0 Å². The van der Waals surface area contributed by atoms with Crippen LogP contribution in [0.4, 0.5) is 6.01 Å². The Kier molecular flexibility index (Phi) is 3.98. The molecule has 0 saturated carbocycles. The third-order valence-electron chi connectivity index (χ3n) is 3.04. The highest BCUT2D eigenvalue weighted by Gasteiger charge is 2.14. The number of aryl methyl sites for hydroxylation is 1. The van der Waals surface area contributed by atoms with E-state index in [-0.39, 0.29) is 17.7 Å². The van der Waals surface area contributed by atoms with Crippen molar-refractivity contribution in [1.82, 2.24) is 15.2 Å². The van der Waals surface area contributed by atoms with Crippen LogP contribution in [0.2, 0.25) is 0 Å². The number of carbonyl (C=O) groups is 2. The predicted molar refractivity (Wildman–Crippen MR) is 84.5 cm³/mol. The fourth-order valence-electron chi connectivity index (χ4n) is 1.86. The molecule has 0 unspecified atom stereocenters. The Morgan fingerprint density at radius 1 is 1.13 bits per heavy atom. The number of ketones is 1. The molecule has 3 aromatic rings. The molecule has 8 heteroatoms. The van der Waals surface area contributed by atoms with Crippen molar-refractivity contribution in [2.75, 3.05) is 5.32 Å². The molecule has 23 heavy (non-hydrogen) atoms. The molecule has 0 saturated heterocycles. The molecular formula is C15H12N4O3S. The van der Waals surface area contributed by atoms with Crippen LogP contribution in [0.1, 0.15) is 32.6 Å². The average Bonchev–Trinajstić information content (AvgIpc) is 3.16. The normalized spacial score (nSPS) is 10.5. The fraction of sp³-hybridized carbons (Fsp3) is 0.133. The number of anilines is 1. The van der Waals surface area contributed by atoms with E-state index >= 15 is 0 Å². The van der Waals surface area contributed by atoms with Crippen molar-refractivity contribution >= 4 is 29.0 Å². The molecule has 1 amide bonds. The Morgan fingerprint density at radius 2 is 1.83 bits per heavy atom. The molecule has 0 aliphatic carbocycles. The lowest BCUT2D eigenvalue weighted by molar-refractivity contribution is 0.100. The second kappa shape index (κ2) is 6.09. The van der Waals surface area contributed by atoms with Gasteiger partial charge in [0.2, 0.25) is 0 Å². The summed E-state index contributed by atoms with van der Waals surface area (Å²) in [7, 11) is 0. The number of nitrogens with zero attached hydrogens (tertiary/aromatic N) is 3. The van der Waals surface area contributed by atoms with Gasteiger partial charge >= 0.3 is 6.01 Å². The minimum atomic E-state index is -0.398. The van der Waals surface area contributed by atoms with Crippen molar-refractivity contribution in [2.45, 2.75) is 13.8 Å². The van der Waals surface area contributed by atoms with E-state index in [1.165, 1.54) is 18.3 Å². The fourth-order valence-corrected chi connectivity index (χ4v) is 2.45. The largest absolute Gasteiger partial charge is 0.401 e. The minimum Gasteiger partial charge on any atom is -0.401 e. The predicted octanol–water partition coefficient (Wildman–Crippen LogP) is 2.96. The number of Topliss-reactive ketones (excluding diaryl/α,β-unsaturated/α-hetero) is 1. The summed E-state index contributed by atoms with van der Waals surface area (Å²) in [6.45, 7) is 3.34. The molecule has 0 aliphatic heterocycles. The maximum absolute atomic E-state index is 12.1. The molecule has 7 nitrogen and oxygen atoms in total. The number of thiazole rings is 1. The molecule has 0 spiro atoms. The van der Waals surface area contributed by atoms with Crippen LogP contribution in [0.15, 0.2) is 34.1 Å². The summed E-state index contributed by atoms with van der Waals surface area (Å²) in [6, 6.07) is 6.30. The molecule has 3 rings (SSSR count). The van der Waals surface area contributed by atoms with E-state index in [1.807, 2.05) is 6.92 Å². The first-order valence-corrected chi connectivity index (χ1v) is 7.59. The molecule has 1 aromatic carbocycles. The molecule has 0 fully saturated rings. The Morgan fingerprint density at radius 3 is 2.43 bits per heavy atom. The molecule has 0 bridgehead atoms. The molecular weight excluding hydrogens is 316 g/mol. The second-order valence-corrected chi connectivity index (χ2v) is 5.81. The first-order valence-electron chi connectivity index (χ1n) is 6.71. The highest BCUT2D eigenvalue weighted by Crippen LogP contribution is 2.21. The van der Waals surface area contributed by atoms with Gasteiger partial charge in [-0.1, -0.05) is 17.2 Å². The Labute approximate surface area is 135 Å².